The highest BCUT2D eigenvalue weighted by Crippen LogP contribution is 2.29. The van der Waals surface area contributed by atoms with Gasteiger partial charge >= 0.3 is 12.1 Å². The number of halogens is 3. The van der Waals surface area contributed by atoms with Gasteiger partial charge in [0.1, 0.15) is 0 Å². The highest BCUT2D eigenvalue weighted by atomic mass is 19.4. The Bertz CT molecular complexity index is 559. The van der Waals surface area contributed by atoms with E-state index in [4.69, 9.17) is 5.11 Å². The molecule has 84 valence electrons. The average molecular weight is 230 g/mol. The van der Waals surface area contributed by atoms with Crippen LogP contribution in [0.5, 0.6) is 0 Å². The second-order valence-corrected chi connectivity index (χ2v) is 3.10. The minimum atomic E-state index is -4.51. The van der Waals surface area contributed by atoms with Gasteiger partial charge in [-0.1, -0.05) is 0 Å². The number of carboxylic acids is 1. The number of aromatic nitrogens is 2. The van der Waals surface area contributed by atoms with E-state index in [0.29, 0.717) is 11.7 Å². The lowest BCUT2D eigenvalue weighted by Crippen LogP contribution is -2.09. The van der Waals surface area contributed by atoms with Crippen LogP contribution in [0.25, 0.3) is 5.52 Å². The number of nitrogens with zero attached hydrogens (tertiary/aromatic N) is 2. The van der Waals surface area contributed by atoms with Gasteiger partial charge in [0.15, 0.2) is 0 Å². The van der Waals surface area contributed by atoms with E-state index >= 15 is 0 Å². The first-order valence-corrected chi connectivity index (χ1v) is 4.17. The Labute approximate surface area is 87.0 Å². The van der Waals surface area contributed by atoms with Crippen molar-refractivity contribution in [2.45, 2.75) is 6.18 Å². The number of carboxylic acid groups (broad SMARTS) is 1. The summed E-state index contributed by atoms with van der Waals surface area (Å²) in [6, 6.07) is 2.05. The van der Waals surface area contributed by atoms with Crippen LogP contribution in [-0.2, 0) is 6.18 Å². The minimum Gasteiger partial charge on any atom is -0.475 e. The van der Waals surface area contributed by atoms with Crippen LogP contribution in [0.2, 0.25) is 0 Å². The van der Waals surface area contributed by atoms with Crippen LogP contribution < -0.4 is 0 Å². The largest absolute Gasteiger partial charge is 0.475 e. The van der Waals surface area contributed by atoms with Crippen molar-refractivity contribution in [3.05, 3.63) is 35.9 Å². The van der Waals surface area contributed by atoms with E-state index in [9.17, 15) is 18.0 Å². The van der Waals surface area contributed by atoms with Crippen molar-refractivity contribution < 1.29 is 23.1 Å². The lowest BCUT2D eigenvalue weighted by molar-refractivity contribution is -0.137. The third-order valence-corrected chi connectivity index (χ3v) is 2.05. The predicted octanol–water partition coefficient (Wildman–Crippen LogP) is 2.05. The smallest absolute Gasteiger partial charge is 0.417 e. The molecule has 0 aromatic carbocycles. The second-order valence-electron chi connectivity index (χ2n) is 3.10. The van der Waals surface area contributed by atoms with Gasteiger partial charge in [-0.15, -0.1) is 0 Å². The van der Waals surface area contributed by atoms with E-state index in [2.05, 4.69) is 4.98 Å². The van der Waals surface area contributed by atoms with E-state index in [1.54, 1.807) is 0 Å². The molecule has 1 N–H and O–H groups in total. The number of rotatable bonds is 1. The highest BCUT2D eigenvalue weighted by molar-refractivity contribution is 5.84. The molecule has 0 unspecified atom stereocenters. The second kappa shape index (κ2) is 3.22. The van der Waals surface area contributed by atoms with Gasteiger partial charge in [-0.05, 0) is 12.1 Å². The predicted molar refractivity (Wildman–Crippen MR) is 47.2 cm³/mol. The molecular formula is C9H5F3N2O2. The number of alkyl halides is 3. The van der Waals surface area contributed by atoms with Crippen molar-refractivity contribution in [1.29, 1.82) is 0 Å². The Hall–Kier alpha value is -2.05. The van der Waals surface area contributed by atoms with Crippen LogP contribution in [0, 0.1) is 0 Å². The summed E-state index contributed by atoms with van der Waals surface area (Å²) in [5, 5.41) is 8.70. The van der Waals surface area contributed by atoms with E-state index in [0.717, 1.165) is 10.5 Å². The summed E-state index contributed by atoms with van der Waals surface area (Å²) in [6.45, 7) is 0. The molecule has 0 amide bonds. The zero-order valence-electron chi connectivity index (χ0n) is 7.69. The highest BCUT2D eigenvalue weighted by Gasteiger charge is 2.31. The first-order chi connectivity index (χ1) is 7.39. The van der Waals surface area contributed by atoms with Crippen molar-refractivity contribution >= 4 is 11.5 Å². The summed E-state index contributed by atoms with van der Waals surface area (Å²) >= 11 is 0. The molecule has 2 rings (SSSR count). The summed E-state index contributed by atoms with van der Waals surface area (Å²) in [6.07, 6.45) is -2.59. The lowest BCUT2D eigenvalue weighted by atomic mass is 10.2. The first-order valence-electron chi connectivity index (χ1n) is 4.17. The van der Waals surface area contributed by atoms with Crippen molar-refractivity contribution in [1.82, 2.24) is 9.38 Å². The standard InChI is InChI=1S/C9H5F3N2O2/c10-9(11,12)5-1-2-6-3-13-7(8(15)16)14(6)4-5/h1-4H,(H,15,16). The van der Waals surface area contributed by atoms with Gasteiger partial charge in [-0.25, -0.2) is 9.78 Å². The lowest BCUT2D eigenvalue weighted by Gasteiger charge is -2.07. The summed E-state index contributed by atoms with van der Waals surface area (Å²) < 4.78 is 38.0. The van der Waals surface area contributed by atoms with Crippen LogP contribution in [0.3, 0.4) is 0 Å². The van der Waals surface area contributed by atoms with E-state index < -0.39 is 23.5 Å². The Balaban J connectivity index is 2.68. The number of fused-ring (bicyclic) bond motifs is 1. The molecule has 7 heteroatoms. The van der Waals surface area contributed by atoms with Crippen LogP contribution in [0.4, 0.5) is 13.2 Å². The molecule has 2 heterocycles. The Morgan fingerprint density at radius 2 is 2.06 bits per heavy atom. The summed E-state index contributed by atoms with van der Waals surface area (Å²) in [5.74, 6) is -1.82. The summed E-state index contributed by atoms with van der Waals surface area (Å²) in [7, 11) is 0. The molecule has 0 atom stereocenters. The van der Waals surface area contributed by atoms with Gasteiger partial charge in [0.25, 0.3) is 0 Å². The van der Waals surface area contributed by atoms with Gasteiger partial charge < -0.3 is 5.11 Å². The zero-order chi connectivity index (χ0) is 11.9. The molecule has 0 radical (unpaired) electrons. The zero-order valence-corrected chi connectivity index (χ0v) is 7.69. The molecule has 0 bridgehead atoms. The molecule has 2 aromatic heterocycles. The number of pyridine rings is 1. The summed E-state index contributed by atoms with van der Waals surface area (Å²) in [4.78, 5) is 14.2. The maximum atomic E-state index is 12.4. The molecule has 0 aliphatic carbocycles. The van der Waals surface area contributed by atoms with Crippen molar-refractivity contribution in [3.63, 3.8) is 0 Å². The van der Waals surface area contributed by atoms with Crippen molar-refractivity contribution in [2.75, 3.05) is 0 Å². The number of hydrogen-bond acceptors (Lipinski definition) is 2. The number of imidazole rings is 1. The normalized spacial score (nSPS) is 11.9. The van der Waals surface area contributed by atoms with Gasteiger partial charge in [0.05, 0.1) is 17.3 Å². The monoisotopic (exact) mass is 230 g/mol. The molecule has 2 aromatic rings. The third-order valence-electron chi connectivity index (χ3n) is 2.05. The molecular weight excluding hydrogens is 225 g/mol. The fourth-order valence-electron chi connectivity index (χ4n) is 1.32. The summed E-state index contributed by atoms with van der Waals surface area (Å²) in [5.41, 5.74) is -0.620. The Morgan fingerprint density at radius 3 is 2.62 bits per heavy atom. The first kappa shape index (κ1) is 10.5. The SMILES string of the molecule is O=C(O)c1ncc2ccc(C(F)(F)F)cn12. The van der Waals surface area contributed by atoms with Crippen LogP contribution in [0.15, 0.2) is 24.5 Å². The van der Waals surface area contributed by atoms with Gasteiger partial charge in [-0.3, -0.25) is 4.40 Å². The van der Waals surface area contributed by atoms with Crippen LogP contribution in [0.1, 0.15) is 16.2 Å². The number of carbonyl (C=O) groups is 1. The minimum absolute atomic E-state index is 0.297. The van der Waals surface area contributed by atoms with Crippen molar-refractivity contribution in [3.8, 4) is 0 Å². The van der Waals surface area contributed by atoms with Crippen LogP contribution in [-0.4, -0.2) is 20.5 Å². The van der Waals surface area contributed by atoms with Gasteiger partial charge in [0, 0.05) is 6.20 Å². The number of hydrogen-bond donors (Lipinski definition) is 1. The quantitative estimate of drug-likeness (QED) is 0.815. The van der Waals surface area contributed by atoms with E-state index in [1.165, 1.54) is 12.3 Å². The molecule has 0 fully saturated rings. The maximum absolute atomic E-state index is 12.4. The Kier molecular flexibility index (Phi) is 2.11. The maximum Gasteiger partial charge on any atom is 0.417 e. The molecule has 0 aliphatic rings. The third kappa shape index (κ3) is 1.60. The molecule has 0 saturated heterocycles. The topological polar surface area (TPSA) is 54.6 Å². The molecule has 16 heavy (non-hydrogen) atoms. The number of aromatic carboxylic acids is 1. The average Bonchev–Trinajstić information content (AvgIpc) is 2.58. The molecule has 0 saturated carbocycles. The Morgan fingerprint density at radius 1 is 1.38 bits per heavy atom. The molecule has 0 aliphatic heterocycles. The fourth-order valence-corrected chi connectivity index (χ4v) is 1.32. The fraction of sp³-hybridized carbons (Fsp3) is 0.111. The molecule has 4 nitrogen and oxygen atoms in total. The van der Waals surface area contributed by atoms with Gasteiger partial charge in [-0.2, -0.15) is 13.2 Å². The van der Waals surface area contributed by atoms with E-state index in [-0.39, 0.29) is 0 Å². The van der Waals surface area contributed by atoms with E-state index in [1.807, 2.05) is 0 Å². The van der Waals surface area contributed by atoms with Gasteiger partial charge in [0.2, 0.25) is 5.82 Å². The van der Waals surface area contributed by atoms with Crippen molar-refractivity contribution in [2.24, 2.45) is 0 Å². The van der Waals surface area contributed by atoms with Crippen LogP contribution >= 0.6 is 0 Å². The molecule has 0 spiro atoms.